The Balaban J connectivity index is 1.90. The van der Waals surface area contributed by atoms with Crippen molar-refractivity contribution in [1.82, 2.24) is 5.32 Å². The van der Waals surface area contributed by atoms with Crippen molar-refractivity contribution in [2.24, 2.45) is 5.92 Å². The fraction of sp³-hybridized carbons (Fsp3) is 0.818. The molecule has 0 spiro atoms. The highest BCUT2D eigenvalue weighted by Gasteiger charge is 2.08. The van der Waals surface area contributed by atoms with Crippen molar-refractivity contribution in [3.8, 4) is 0 Å². The van der Waals surface area contributed by atoms with Gasteiger partial charge in [0.1, 0.15) is 0 Å². The van der Waals surface area contributed by atoms with E-state index in [0.29, 0.717) is 0 Å². The van der Waals surface area contributed by atoms with E-state index in [9.17, 15) is 0 Å². The van der Waals surface area contributed by atoms with Crippen LogP contribution in [-0.4, -0.2) is 26.8 Å². The van der Waals surface area contributed by atoms with E-state index in [0.717, 1.165) is 25.5 Å². The Morgan fingerprint density at radius 1 is 1.46 bits per heavy atom. The van der Waals surface area contributed by atoms with Gasteiger partial charge in [-0.15, -0.1) is 0 Å². The molecule has 1 rings (SSSR count). The van der Waals surface area contributed by atoms with E-state index in [4.69, 9.17) is 4.74 Å². The van der Waals surface area contributed by atoms with Crippen LogP contribution < -0.4 is 5.32 Å². The Labute approximate surface area is 81.4 Å². The highest BCUT2D eigenvalue weighted by Crippen LogP contribution is 2.16. The lowest BCUT2D eigenvalue weighted by atomic mass is 9.94. The van der Waals surface area contributed by atoms with Gasteiger partial charge in [-0.05, 0) is 44.7 Å². The predicted octanol–water partition coefficient (Wildman–Crippen LogP) is 1.97. The summed E-state index contributed by atoms with van der Waals surface area (Å²) in [6, 6.07) is 0. The summed E-state index contributed by atoms with van der Waals surface area (Å²) in [5.74, 6) is 0.868. The van der Waals surface area contributed by atoms with Gasteiger partial charge in [0.05, 0.1) is 0 Å². The summed E-state index contributed by atoms with van der Waals surface area (Å²) in [5, 5.41) is 3.48. The zero-order valence-corrected chi connectivity index (χ0v) is 8.59. The van der Waals surface area contributed by atoms with Crippen molar-refractivity contribution in [2.75, 3.05) is 26.8 Å². The summed E-state index contributed by atoms with van der Waals surface area (Å²) in [5.41, 5.74) is 0. The lowest BCUT2D eigenvalue weighted by molar-refractivity contribution is 0.193. The zero-order chi connectivity index (χ0) is 9.36. The molecule has 0 amide bonds. The fourth-order valence-electron chi connectivity index (χ4n) is 1.69. The van der Waals surface area contributed by atoms with Crippen molar-refractivity contribution in [3.63, 3.8) is 0 Å². The number of rotatable bonds is 6. The highest BCUT2D eigenvalue weighted by atomic mass is 16.5. The maximum atomic E-state index is 4.98. The van der Waals surface area contributed by atoms with E-state index in [1.165, 1.54) is 25.8 Å². The van der Waals surface area contributed by atoms with E-state index in [1.807, 2.05) is 0 Å². The highest BCUT2D eigenvalue weighted by molar-refractivity contribution is 4.90. The molecule has 1 aliphatic carbocycles. The third-order valence-electron chi connectivity index (χ3n) is 2.51. The largest absolute Gasteiger partial charge is 0.385 e. The maximum absolute atomic E-state index is 4.98. The molecule has 0 saturated carbocycles. The van der Waals surface area contributed by atoms with Gasteiger partial charge in [-0.25, -0.2) is 0 Å². The SMILES string of the molecule is COCCCNC[C@@H]1CC=CCC1. The number of ether oxygens (including phenoxy) is 1. The molecule has 0 aromatic rings. The Morgan fingerprint density at radius 3 is 3.08 bits per heavy atom. The minimum absolute atomic E-state index is 0.868. The average molecular weight is 183 g/mol. The normalized spacial score (nSPS) is 22.1. The number of allylic oxidation sites excluding steroid dienone is 2. The Bertz CT molecular complexity index is 145. The molecule has 13 heavy (non-hydrogen) atoms. The van der Waals surface area contributed by atoms with Crippen LogP contribution >= 0.6 is 0 Å². The Hall–Kier alpha value is -0.340. The van der Waals surface area contributed by atoms with Gasteiger partial charge in [0, 0.05) is 13.7 Å². The molecular formula is C11H21NO. The average Bonchev–Trinajstić information content (AvgIpc) is 2.19. The molecule has 2 heteroatoms. The van der Waals surface area contributed by atoms with Gasteiger partial charge in [0.15, 0.2) is 0 Å². The van der Waals surface area contributed by atoms with E-state index in [1.54, 1.807) is 7.11 Å². The maximum Gasteiger partial charge on any atom is 0.0474 e. The van der Waals surface area contributed by atoms with Gasteiger partial charge in [0.2, 0.25) is 0 Å². The van der Waals surface area contributed by atoms with Crippen LogP contribution in [0, 0.1) is 5.92 Å². The van der Waals surface area contributed by atoms with Crippen molar-refractivity contribution in [2.45, 2.75) is 25.7 Å². The molecule has 0 radical (unpaired) electrons. The monoisotopic (exact) mass is 183 g/mol. The summed E-state index contributed by atoms with van der Waals surface area (Å²) in [6.07, 6.45) is 9.61. The lowest BCUT2D eigenvalue weighted by Crippen LogP contribution is -2.25. The molecule has 1 N–H and O–H groups in total. The zero-order valence-electron chi connectivity index (χ0n) is 8.59. The predicted molar refractivity (Wildman–Crippen MR) is 55.8 cm³/mol. The third-order valence-corrected chi connectivity index (χ3v) is 2.51. The standard InChI is InChI=1S/C11H21NO/c1-13-9-5-8-12-10-11-6-3-2-4-7-11/h2-3,11-12H,4-10H2,1H3/t11-/m1/s1. The molecule has 0 unspecified atom stereocenters. The van der Waals surface area contributed by atoms with Crippen LogP contribution in [0.3, 0.4) is 0 Å². The van der Waals surface area contributed by atoms with E-state index in [-0.39, 0.29) is 0 Å². The number of methoxy groups -OCH3 is 1. The van der Waals surface area contributed by atoms with E-state index >= 15 is 0 Å². The van der Waals surface area contributed by atoms with Gasteiger partial charge in [-0.1, -0.05) is 12.2 Å². The first-order valence-corrected chi connectivity index (χ1v) is 5.28. The lowest BCUT2D eigenvalue weighted by Gasteiger charge is -2.17. The summed E-state index contributed by atoms with van der Waals surface area (Å²) in [7, 11) is 1.76. The molecule has 0 aromatic carbocycles. The minimum Gasteiger partial charge on any atom is -0.385 e. The number of nitrogens with one attached hydrogen (secondary N) is 1. The number of hydrogen-bond acceptors (Lipinski definition) is 2. The van der Waals surface area contributed by atoms with Gasteiger partial charge >= 0.3 is 0 Å². The molecule has 0 fully saturated rings. The third kappa shape index (κ3) is 5.06. The second kappa shape index (κ2) is 7.10. The first kappa shape index (κ1) is 10.7. The molecule has 0 saturated heterocycles. The van der Waals surface area contributed by atoms with Crippen LogP contribution in [0.5, 0.6) is 0 Å². The topological polar surface area (TPSA) is 21.3 Å². The number of hydrogen-bond donors (Lipinski definition) is 1. The van der Waals surface area contributed by atoms with Crippen molar-refractivity contribution in [3.05, 3.63) is 12.2 Å². The molecule has 0 aliphatic heterocycles. The second-order valence-corrected chi connectivity index (χ2v) is 3.70. The molecule has 0 bridgehead atoms. The van der Waals surface area contributed by atoms with Crippen LogP contribution in [0.25, 0.3) is 0 Å². The first-order valence-electron chi connectivity index (χ1n) is 5.28. The van der Waals surface area contributed by atoms with Crippen LogP contribution in [-0.2, 0) is 4.74 Å². The Morgan fingerprint density at radius 2 is 2.38 bits per heavy atom. The quantitative estimate of drug-likeness (QED) is 0.502. The molecule has 2 nitrogen and oxygen atoms in total. The van der Waals surface area contributed by atoms with Crippen LogP contribution in [0.15, 0.2) is 12.2 Å². The smallest absolute Gasteiger partial charge is 0.0474 e. The Kier molecular flexibility index (Phi) is 5.87. The van der Waals surface area contributed by atoms with Crippen LogP contribution in [0.2, 0.25) is 0 Å². The summed E-state index contributed by atoms with van der Waals surface area (Å²) < 4.78 is 4.98. The van der Waals surface area contributed by atoms with E-state index < -0.39 is 0 Å². The summed E-state index contributed by atoms with van der Waals surface area (Å²) >= 11 is 0. The summed E-state index contributed by atoms with van der Waals surface area (Å²) in [4.78, 5) is 0. The minimum atomic E-state index is 0.868. The van der Waals surface area contributed by atoms with Gasteiger partial charge < -0.3 is 10.1 Å². The van der Waals surface area contributed by atoms with Gasteiger partial charge in [-0.2, -0.15) is 0 Å². The van der Waals surface area contributed by atoms with Gasteiger partial charge in [-0.3, -0.25) is 0 Å². The molecule has 0 heterocycles. The van der Waals surface area contributed by atoms with Crippen LogP contribution in [0.4, 0.5) is 0 Å². The van der Waals surface area contributed by atoms with Crippen LogP contribution in [0.1, 0.15) is 25.7 Å². The van der Waals surface area contributed by atoms with Gasteiger partial charge in [0.25, 0.3) is 0 Å². The first-order chi connectivity index (χ1) is 6.43. The molecular weight excluding hydrogens is 162 g/mol. The molecule has 1 aliphatic rings. The molecule has 1 atom stereocenters. The summed E-state index contributed by atoms with van der Waals surface area (Å²) in [6.45, 7) is 3.14. The molecule has 76 valence electrons. The van der Waals surface area contributed by atoms with Crippen molar-refractivity contribution >= 4 is 0 Å². The van der Waals surface area contributed by atoms with Crippen molar-refractivity contribution < 1.29 is 4.74 Å². The second-order valence-electron chi connectivity index (χ2n) is 3.70. The fourth-order valence-corrected chi connectivity index (χ4v) is 1.69. The van der Waals surface area contributed by atoms with Crippen molar-refractivity contribution in [1.29, 1.82) is 0 Å². The van der Waals surface area contributed by atoms with E-state index in [2.05, 4.69) is 17.5 Å². The molecule has 0 aromatic heterocycles.